The first kappa shape index (κ1) is 21.0. The van der Waals surface area contributed by atoms with Gasteiger partial charge in [0.1, 0.15) is 18.0 Å². The number of anilines is 1. The Bertz CT molecular complexity index is 1040. The molecular formula is C25H27FN4O2. The number of halogens is 1. The van der Waals surface area contributed by atoms with Gasteiger partial charge in [0.2, 0.25) is 5.95 Å². The molecule has 6 nitrogen and oxygen atoms in total. The number of rotatable bonds is 8. The van der Waals surface area contributed by atoms with Crippen LogP contribution in [-0.2, 0) is 15.9 Å². The van der Waals surface area contributed by atoms with Crippen LogP contribution in [0.2, 0.25) is 0 Å². The summed E-state index contributed by atoms with van der Waals surface area (Å²) >= 11 is 0. The molecule has 3 aromatic rings. The summed E-state index contributed by atoms with van der Waals surface area (Å²) in [5.74, 6) is 0.202. The van der Waals surface area contributed by atoms with Gasteiger partial charge in [-0.1, -0.05) is 42.5 Å². The number of fused-ring (bicyclic) bond motifs is 1. The van der Waals surface area contributed by atoms with Gasteiger partial charge in [-0.05, 0) is 43.1 Å². The molecule has 1 aromatic heterocycles. The van der Waals surface area contributed by atoms with Crippen LogP contribution in [0.25, 0.3) is 11.3 Å². The maximum atomic E-state index is 13.6. The molecule has 3 heterocycles. The van der Waals surface area contributed by atoms with Gasteiger partial charge in [0.05, 0.1) is 31.0 Å². The van der Waals surface area contributed by atoms with Crippen molar-refractivity contribution in [2.24, 2.45) is 0 Å². The Kier molecular flexibility index (Phi) is 6.39. The molecule has 0 bridgehead atoms. The molecule has 0 spiro atoms. The number of ether oxygens (including phenoxy) is 2. The Balaban J connectivity index is 1.14. The van der Waals surface area contributed by atoms with E-state index in [0.717, 1.165) is 19.4 Å². The smallest absolute Gasteiger partial charge is 0.223 e. The molecule has 2 aromatic carbocycles. The van der Waals surface area contributed by atoms with Gasteiger partial charge in [-0.3, -0.25) is 0 Å². The van der Waals surface area contributed by atoms with Crippen molar-refractivity contribution in [1.82, 2.24) is 15.3 Å². The van der Waals surface area contributed by atoms with Gasteiger partial charge in [-0.25, -0.2) is 14.4 Å². The van der Waals surface area contributed by atoms with E-state index in [1.165, 1.54) is 17.7 Å². The molecule has 166 valence electrons. The second-order valence-corrected chi connectivity index (χ2v) is 8.27. The molecule has 0 radical (unpaired) electrons. The average molecular weight is 435 g/mol. The molecule has 4 atom stereocenters. The van der Waals surface area contributed by atoms with Crippen LogP contribution in [0.15, 0.2) is 66.9 Å². The average Bonchev–Trinajstić information content (AvgIpc) is 3.41. The molecule has 32 heavy (non-hydrogen) atoms. The second kappa shape index (κ2) is 9.73. The Hall–Kier alpha value is -2.87. The van der Waals surface area contributed by atoms with E-state index in [0.29, 0.717) is 30.4 Å². The minimum Gasteiger partial charge on any atom is -0.371 e. The van der Waals surface area contributed by atoms with Crippen molar-refractivity contribution in [3.63, 3.8) is 0 Å². The van der Waals surface area contributed by atoms with Gasteiger partial charge in [-0.15, -0.1) is 0 Å². The molecular weight excluding hydrogens is 407 g/mol. The number of benzene rings is 2. The van der Waals surface area contributed by atoms with Crippen LogP contribution in [-0.4, -0.2) is 54.0 Å². The highest BCUT2D eigenvalue weighted by Gasteiger charge is 2.47. The Morgan fingerprint density at radius 2 is 1.75 bits per heavy atom. The number of hydrogen-bond donors (Lipinski definition) is 2. The lowest BCUT2D eigenvalue weighted by Gasteiger charge is -2.18. The highest BCUT2D eigenvalue weighted by molar-refractivity contribution is 5.60. The van der Waals surface area contributed by atoms with Crippen LogP contribution in [0.1, 0.15) is 12.0 Å². The minimum absolute atomic E-state index is 0.00984. The molecule has 0 unspecified atom stereocenters. The van der Waals surface area contributed by atoms with E-state index in [4.69, 9.17) is 9.47 Å². The zero-order valence-electron chi connectivity index (χ0n) is 17.8. The van der Waals surface area contributed by atoms with Gasteiger partial charge in [-0.2, -0.15) is 0 Å². The molecule has 2 aliphatic rings. The van der Waals surface area contributed by atoms with Crippen molar-refractivity contribution >= 4 is 5.95 Å². The zero-order chi connectivity index (χ0) is 21.8. The highest BCUT2D eigenvalue weighted by atomic mass is 19.1. The lowest BCUT2D eigenvalue weighted by atomic mass is 10.1. The molecule has 0 saturated carbocycles. The molecule has 0 aliphatic carbocycles. The third-order valence-electron chi connectivity index (χ3n) is 6.04. The third kappa shape index (κ3) is 4.80. The standard InChI is InChI=1S/C25H27FN4O2/c26-19-10-4-9-18(14-19)20-11-13-28-25(29-20)30-22-16-32-23-21(15-31-24(22)23)27-12-5-8-17-6-2-1-3-7-17/h1-4,6-7,9-11,13-14,21-24,27H,5,8,12,15-16H2,(H,28,29,30)/t21-,22+,23-,24+/m1/s1. The van der Waals surface area contributed by atoms with E-state index >= 15 is 0 Å². The molecule has 2 N–H and O–H groups in total. The molecule has 7 heteroatoms. The minimum atomic E-state index is -0.288. The number of aromatic nitrogens is 2. The second-order valence-electron chi connectivity index (χ2n) is 8.27. The van der Waals surface area contributed by atoms with Crippen molar-refractivity contribution in [1.29, 1.82) is 0 Å². The fourth-order valence-electron chi connectivity index (χ4n) is 4.43. The lowest BCUT2D eigenvalue weighted by Crippen LogP contribution is -2.42. The van der Waals surface area contributed by atoms with Gasteiger partial charge in [0, 0.05) is 11.8 Å². The Labute approximate surface area is 187 Å². The summed E-state index contributed by atoms with van der Waals surface area (Å²) < 4.78 is 25.7. The monoisotopic (exact) mass is 434 g/mol. The van der Waals surface area contributed by atoms with Crippen molar-refractivity contribution in [2.75, 3.05) is 25.1 Å². The van der Waals surface area contributed by atoms with E-state index in [1.54, 1.807) is 18.3 Å². The van der Waals surface area contributed by atoms with Gasteiger partial charge in [0.25, 0.3) is 0 Å². The number of nitrogens with zero attached hydrogens (tertiary/aromatic N) is 2. The maximum Gasteiger partial charge on any atom is 0.223 e. The van der Waals surface area contributed by atoms with Crippen LogP contribution in [0.4, 0.5) is 10.3 Å². The highest BCUT2D eigenvalue weighted by Crippen LogP contribution is 2.29. The van der Waals surface area contributed by atoms with Crippen molar-refractivity contribution in [2.45, 2.75) is 37.1 Å². The predicted octanol–water partition coefficient (Wildman–Crippen LogP) is 3.45. The molecule has 2 fully saturated rings. The molecule has 5 rings (SSSR count). The fourth-order valence-corrected chi connectivity index (χ4v) is 4.43. The molecule has 2 aliphatic heterocycles. The normalized spacial score (nSPS) is 24.4. The quantitative estimate of drug-likeness (QED) is 0.530. The van der Waals surface area contributed by atoms with Gasteiger partial charge < -0.3 is 20.1 Å². The Morgan fingerprint density at radius 1 is 0.938 bits per heavy atom. The van der Waals surface area contributed by atoms with Crippen molar-refractivity contribution in [3.8, 4) is 11.3 Å². The first-order valence-electron chi connectivity index (χ1n) is 11.1. The summed E-state index contributed by atoms with van der Waals surface area (Å²) in [6.45, 7) is 2.08. The number of hydrogen-bond acceptors (Lipinski definition) is 6. The summed E-state index contributed by atoms with van der Waals surface area (Å²) in [5, 5.41) is 6.95. The van der Waals surface area contributed by atoms with Crippen LogP contribution >= 0.6 is 0 Å². The third-order valence-corrected chi connectivity index (χ3v) is 6.04. The fraction of sp³-hybridized carbons (Fsp3) is 0.360. The maximum absolute atomic E-state index is 13.6. The summed E-state index contributed by atoms with van der Waals surface area (Å²) in [4.78, 5) is 8.89. The van der Waals surface area contributed by atoms with E-state index in [-0.39, 0.29) is 30.1 Å². The van der Waals surface area contributed by atoms with Crippen molar-refractivity contribution < 1.29 is 13.9 Å². The first-order valence-corrected chi connectivity index (χ1v) is 11.1. The molecule has 0 amide bonds. The summed E-state index contributed by atoms with van der Waals surface area (Å²) in [6.07, 6.45) is 3.76. The largest absolute Gasteiger partial charge is 0.371 e. The van der Waals surface area contributed by atoms with Crippen LogP contribution in [0, 0.1) is 5.82 Å². The SMILES string of the molecule is Fc1cccc(-c2ccnc(N[C@H]3CO[C@H]4[C@H]3OC[C@H]4NCCCc3ccccc3)n2)c1. The Morgan fingerprint density at radius 3 is 2.59 bits per heavy atom. The van der Waals surface area contributed by atoms with E-state index in [9.17, 15) is 4.39 Å². The summed E-state index contributed by atoms with van der Waals surface area (Å²) in [7, 11) is 0. The van der Waals surface area contributed by atoms with Gasteiger partial charge in [0.15, 0.2) is 0 Å². The van der Waals surface area contributed by atoms with Gasteiger partial charge >= 0.3 is 0 Å². The lowest BCUT2D eigenvalue weighted by molar-refractivity contribution is 0.0676. The van der Waals surface area contributed by atoms with E-state index in [1.807, 2.05) is 12.1 Å². The zero-order valence-corrected chi connectivity index (χ0v) is 17.8. The van der Waals surface area contributed by atoms with E-state index in [2.05, 4.69) is 44.9 Å². The summed E-state index contributed by atoms with van der Waals surface area (Å²) in [6, 6.07) is 18.8. The summed E-state index contributed by atoms with van der Waals surface area (Å²) in [5.41, 5.74) is 2.74. The van der Waals surface area contributed by atoms with Crippen LogP contribution in [0.5, 0.6) is 0 Å². The van der Waals surface area contributed by atoms with E-state index < -0.39 is 0 Å². The van der Waals surface area contributed by atoms with Crippen LogP contribution < -0.4 is 10.6 Å². The number of nitrogens with one attached hydrogen (secondary N) is 2. The van der Waals surface area contributed by atoms with Crippen LogP contribution in [0.3, 0.4) is 0 Å². The number of aryl methyl sites for hydroxylation is 1. The van der Waals surface area contributed by atoms with Crippen molar-refractivity contribution in [3.05, 3.63) is 78.2 Å². The topological polar surface area (TPSA) is 68.3 Å². The first-order chi connectivity index (χ1) is 15.8. The predicted molar refractivity (Wildman–Crippen MR) is 121 cm³/mol. The molecule has 2 saturated heterocycles.